The fourth-order valence-electron chi connectivity index (χ4n) is 3.82. The maximum atomic E-state index is 12.7. The molecule has 0 fully saturated rings. The van der Waals surface area contributed by atoms with E-state index in [1.54, 1.807) is 21.1 Å². The second kappa shape index (κ2) is 10.8. The van der Waals surface area contributed by atoms with Crippen molar-refractivity contribution in [1.29, 1.82) is 0 Å². The Hall–Kier alpha value is -2.97. The van der Waals surface area contributed by atoms with Crippen molar-refractivity contribution in [2.75, 3.05) is 35.2 Å². The molecule has 0 radical (unpaired) electrons. The first kappa shape index (κ1) is 24.7. The first-order valence-electron chi connectivity index (χ1n) is 10.2. The van der Waals surface area contributed by atoms with Crippen LogP contribution in [0.1, 0.15) is 27.0 Å². The molecule has 3 aromatic rings. The Bertz CT molecular complexity index is 1160. The lowest BCUT2D eigenvalue weighted by Gasteiger charge is -2.24. The van der Waals surface area contributed by atoms with E-state index in [0.717, 1.165) is 5.56 Å². The molecule has 3 aromatic carbocycles. The zero-order chi connectivity index (χ0) is 24.1. The topological polar surface area (TPSA) is 72.5 Å². The van der Waals surface area contributed by atoms with Gasteiger partial charge in [-0.3, -0.25) is 0 Å². The first-order chi connectivity index (χ1) is 15.9. The van der Waals surface area contributed by atoms with E-state index in [1.165, 1.54) is 14.2 Å². The van der Waals surface area contributed by atoms with Crippen LogP contribution in [-0.2, 0) is 16.1 Å². The van der Waals surface area contributed by atoms with Crippen LogP contribution in [0, 0.1) is 13.8 Å². The number of esters is 1. The number of carbonyl (C=O) groups excluding carboxylic acids is 1. The number of methoxy groups -OCH3 is 4. The van der Waals surface area contributed by atoms with Gasteiger partial charge in [-0.15, -0.1) is 0 Å². The van der Waals surface area contributed by atoms with Gasteiger partial charge in [-0.05, 0) is 35.3 Å². The lowest BCUT2D eigenvalue weighted by molar-refractivity contribution is 0.0499. The summed E-state index contributed by atoms with van der Waals surface area (Å²) in [5, 5.41) is 1.23. The van der Waals surface area contributed by atoms with Crippen LogP contribution in [0.5, 0.6) is 23.0 Å². The van der Waals surface area contributed by atoms with Gasteiger partial charge in [0.2, 0.25) is 0 Å². The predicted molar refractivity (Wildman–Crippen MR) is 129 cm³/mol. The zero-order valence-electron chi connectivity index (χ0n) is 19.5. The van der Waals surface area contributed by atoms with Crippen LogP contribution in [0.4, 0.5) is 0 Å². The van der Waals surface area contributed by atoms with E-state index in [-0.39, 0.29) is 12.4 Å². The van der Waals surface area contributed by atoms with E-state index in [2.05, 4.69) is 15.9 Å². The van der Waals surface area contributed by atoms with Gasteiger partial charge in [0, 0.05) is 23.6 Å². The molecule has 0 spiro atoms. The van der Waals surface area contributed by atoms with Crippen molar-refractivity contribution in [2.45, 2.75) is 20.5 Å². The van der Waals surface area contributed by atoms with Crippen LogP contribution < -0.4 is 18.9 Å². The molecule has 3 rings (SSSR count). The average Bonchev–Trinajstić information content (AvgIpc) is 2.83. The van der Waals surface area contributed by atoms with Crippen molar-refractivity contribution in [3.05, 3.63) is 57.1 Å². The van der Waals surface area contributed by atoms with Crippen LogP contribution >= 0.6 is 15.9 Å². The fourth-order valence-corrected chi connectivity index (χ4v) is 4.62. The van der Waals surface area contributed by atoms with E-state index >= 15 is 0 Å². The largest absolute Gasteiger partial charge is 0.496 e. The maximum absolute atomic E-state index is 12.7. The van der Waals surface area contributed by atoms with Crippen molar-refractivity contribution in [2.24, 2.45) is 0 Å². The highest BCUT2D eigenvalue weighted by Gasteiger charge is 2.31. The van der Waals surface area contributed by atoms with Crippen molar-refractivity contribution in [3.63, 3.8) is 0 Å². The minimum Gasteiger partial charge on any atom is -0.496 e. The highest BCUT2D eigenvalue weighted by molar-refractivity contribution is 9.10. The zero-order valence-corrected chi connectivity index (χ0v) is 21.1. The summed E-state index contributed by atoms with van der Waals surface area (Å²) in [6, 6.07) is 9.78. The molecule has 0 amide bonds. The number of hydrogen-bond acceptors (Lipinski definition) is 7. The predicted octanol–water partition coefficient (Wildman–Crippen LogP) is 5.58. The second-order valence-corrected chi connectivity index (χ2v) is 8.02. The quantitative estimate of drug-likeness (QED) is 0.270. The average molecular weight is 519 g/mol. The van der Waals surface area contributed by atoms with Gasteiger partial charge in [0.05, 0.1) is 31.2 Å². The summed E-state index contributed by atoms with van der Waals surface area (Å²) in [4.78, 5) is 12.7. The van der Waals surface area contributed by atoms with E-state index in [9.17, 15) is 4.79 Å². The van der Waals surface area contributed by atoms with E-state index in [1.807, 2.05) is 37.3 Å². The van der Waals surface area contributed by atoms with Gasteiger partial charge in [-0.25, -0.2) is 4.79 Å². The molecule has 0 aliphatic carbocycles. The van der Waals surface area contributed by atoms with E-state index in [4.69, 9.17) is 28.4 Å². The number of rotatable bonds is 9. The lowest BCUT2D eigenvalue weighted by atomic mass is 9.95. The van der Waals surface area contributed by atoms with Crippen molar-refractivity contribution in [1.82, 2.24) is 0 Å². The first-order valence-corrected chi connectivity index (χ1v) is 11.0. The highest BCUT2D eigenvalue weighted by atomic mass is 79.9. The molecular formula is C25H27BrO7. The Labute approximate surface area is 201 Å². The molecule has 0 saturated heterocycles. The fraction of sp³-hybridized carbons (Fsp3) is 0.320. The molecular weight excluding hydrogens is 492 g/mol. The smallest absolute Gasteiger partial charge is 0.342 e. The molecule has 0 atom stereocenters. The molecule has 176 valence electrons. The number of hydrogen-bond donors (Lipinski definition) is 0. The molecule has 0 heterocycles. The summed E-state index contributed by atoms with van der Waals surface area (Å²) < 4.78 is 34.5. The number of benzene rings is 3. The Morgan fingerprint density at radius 2 is 1.48 bits per heavy atom. The maximum Gasteiger partial charge on any atom is 0.342 e. The van der Waals surface area contributed by atoms with Crippen LogP contribution in [0.2, 0.25) is 0 Å². The van der Waals surface area contributed by atoms with E-state index < -0.39 is 5.97 Å². The van der Waals surface area contributed by atoms with Crippen LogP contribution in [0.25, 0.3) is 10.8 Å². The van der Waals surface area contributed by atoms with Gasteiger partial charge in [0.25, 0.3) is 0 Å². The summed E-state index contributed by atoms with van der Waals surface area (Å²) >= 11 is 3.67. The number of halogens is 1. The van der Waals surface area contributed by atoms with Gasteiger partial charge in [-0.1, -0.05) is 30.3 Å². The molecule has 0 N–H and O–H groups in total. The van der Waals surface area contributed by atoms with Crippen LogP contribution in [-0.4, -0.2) is 41.2 Å². The van der Waals surface area contributed by atoms with Crippen molar-refractivity contribution >= 4 is 32.7 Å². The second-order valence-electron chi connectivity index (χ2n) is 7.23. The monoisotopic (exact) mass is 518 g/mol. The number of carbonyl (C=O) groups is 1. The van der Waals surface area contributed by atoms with Crippen molar-refractivity contribution < 1.29 is 33.2 Å². The molecule has 33 heavy (non-hydrogen) atoms. The number of fused-ring (bicyclic) bond motifs is 1. The van der Waals surface area contributed by atoms with Crippen molar-refractivity contribution in [3.8, 4) is 23.0 Å². The minimum atomic E-state index is -0.535. The highest BCUT2D eigenvalue weighted by Crippen LogP contribution is 2.53. The molecule has 0 aliphatic rings. The van der Waals surface area contributed by atoms with E-state index in [0.29, 0.717) is 56.0 Å². The molecule has 7 nitrogen and oxygen atoms in total. The van der Waals surface area contributed by atoms with Crippen LogP contribution in [0.3, 0.4) is 0 Å². The Morgan fingerprint density at radius 1 is 0.818 bits per heavy atom. The van der Waals surface area contributed by atoms with Gasteiger partial charge < -0.3 is 28.4 Å². The van der Waals surface area contributed by atoms with Gasteiger partial charge >= 0.3 is 5.97 Å². The lowest BCUT2D eigenvalue weighted by Crippen LogP contribution is -2.11. The summed E-state index contributed by atoms with van der Waals surface area (Å²) in [6.07, 6.45) is 0. The third-order valence-corrected chi connectivity index (χ3v) is 6.08. The van der Waals surface area contributed by atoms with Crippen LogP contribution in [0.15, 0.2) is 34.8 Å². The normalized spacial score (nSPS) is 10.8. The molecule has 0 saturated carbocycles. The molecule has 8 heteroatoms. The summed E-state index contributed by atoms with van der Waals surface area (Å²) in [6.45, 7) is 4.00. The van der Waals surface area contributed by atoms with Gasteiger partial charge in [0.15, 0.2) is 6.79 Å². The van der Waals surface area contributed by atoms with Gasteiger partial charge in [-0.2, -0.15) is 0 Å². The standard InChI is InChI=1S/C25H27BrO7/c1-14-17(25(27)31-6)24(30-5)19-18(21(14)29-4)20(26)23(33-13-28-3)15(2)22(19)32-12-16-10-8-7-9-11-16/h7-11H,12-13H2,1-6H3. The molecule has 0 aromatic heterocycles. The summed E-state index contributed by atoms with van der Waals surface area (Å²) in [5.74, 6) is 1.32. The SMILES string of the molecule is COCOc1c(C)c(OCc2ccccc2)c2c(OC)c(C(=O)OC)c(C)c(OC)c2c1Br. The molecule has 0 unspecified atom stereocenters. The summed E-state index contributed by atoms with van der Waals surface area (Å²) in [7, 11) is 5.93. The Morgan fingerprint density at radius 3 is 2.06 bits per heavy atom. The third-order valence-electron chi connectivity index (χ3n) is 5.32. The van der Waals surface area contributed by atoms with Gasteiger partial charge in [0.1, 0.15) is 35.2 Å². The number of ether oxygens (including phenoxy) is 6. The minimum absolute atomic E-state index is 0.0434. The third kappa shape index (κ3) is 4.58. The Balaban J connectivity index is 2.42. The molecule has 0 bridgehead atoms. The Kier molecular flexibility index (Phi) is 8.05. The summed E-state index contributed by atoms with van der Waals surface area (Å²) in [5.41, 5.74) is 2.54. The molecule has 0 aliphatic heterocycles.